The topological polar surface area (TPSA) is 84.5 Å². The first-order valence-corrected chi connectivity index (χ1v) is 14.4. The van der Waals surface area contributed by atoms with Gasteiger partial charge < -0.3 is 15.4 Å². The van der Waals surface area contributed by atoms with Crippen LogP contribution in [0.4, 0.5) is 10.1 Å². The van der Waals surface area contributed by atoms with Gasteiger partial charge in [0, 0.05) is 32.2 Å². The van der Waals surface area contributed by atoms with Crippen molar-refractivity contribution in [3.8, 4) is 11.5 Å². The number of hydrogen-bond donors (Lipinski definition) is 2. The van der Waals surface area contributed by atoms with Gasteiger partial charge in [0.2, 0.25) is 11.8 Å². The van der Waals surface area contributed by atoms with E-state index in [2.05, 4.69) is 26.6 Å². The van der Waals surface area contributed by atoms with Crippen molar-refractivity contribution in [2.75, 3.05) is 5.32 Å². The zero-order valence-corrected chi connectivity index (χ0v) is 24.4. The summed E-state index contributed by atoms with van der Waals surface area (Å²) in [6, 6.07) is 13.8. The second-order valence-corrected chi connectivity index (χ2v) is 12.1. The first-order valence-electron chi connectivity index (χ1n) is 12.9. The van der Waals surface area contributed by atoms with Crippen molar-refractivity contribution in [2.45, 2.75) is 24.3 Å². The Labute approximate surface area is 253 Å². The van der Waals surface area contributed by atoms with Gasteiger partial charge in [-0.1, -0.05) is 57.4 Å². The number of ether oxygens (including phenoxy) is 1. The third-order valence-electron chi connectivity index (χ3n) is 7.98. The van der Waals surface area contributed by atoms with Crippen molar-refractivity contribution in [3.63, 3.8) is 0 Å². The van der Waals surface area contributed by atoms with Crippen LogP contribution in [-0.2, 0) is 15.0 Å². The van der Waals surface area contributed by atoms with E-state index in [4.69, 9.17) is 27.9 Å². The standard InChI is InChI=1S/C31H22BrCl2FN2O4/c32-18-6-11-26(41-21-8-4-16(5-9-21)29(35)39)22(13-18)28-31(23-10-7-20(34)14-25(23)36-30(31)40)24(15-27(38)37-28)17-2-1-3-19(33)12-17/h1-11,13-14,17,24,28H,12,15H2,(H,36,40)(H,37,38)/t17?,24-,28+,31-/m0/s1. The Hall–Kier alpha value is -3.46. The molecule has 3 aromatic carbocycles. The molecule has 1 fully saturated rings. The number of amides is 2. The summed E-state index contributed by atoms with van der Waals surface area (Å²) in [6.07, 6.45) is 6.27. The van der Waals surface area contributed by atoms with Gasteiger partial charge in [0.05, 0.1) is 11.6 Å². The number of allylic oxidation sites excluding steroid dienone is 4. The van der Waals surface area contributed by atoms with Crippen molar-refractivity contribution < 1.29 is 23.5 Å². The molecule has 6 rings (SSSR count). The van der Waals surface area contributed by atoms with Gasteiger partial charge in [-0.3, -0.25) is 14.4 Å². The average molecular weight is 656 g/mol. The second kappa shape index (κ2) is 10.7. The molecule has 6 nitrogen and oxygen atoms in total. The molecule has 0 radical (unpaired) electrons. The van der Waals surface area contributed by atoms with Crippen molar-refractivity contribution >= 4 is 62.7 Å². The highest BCUT2D eigenvalue weighted by Gasteiger charge is 2.62. The van der Waals surface area contributed by atoms with E-state index >= 15 is 0 Å². The summed E-state index contributed by atoms with van der Waals surface area (Å²) < 4.78 is 20.1. The van der Waals surface area contributed by atoms with Gasteiger partial charge in [0.25, 0.3) is 0 Å². The van der Waals surface area contributed by atoms with E-state index in [0.717, 1.165) is 5.56 Å². The molecule has 2 N–H and O–H groups in total. The van der Waals surface area contributed by atoms with Gasteiger partial charge in [-0.25, -0.2) is 0 Å². The van der Waals surface area contributed by atoms with Crippen LogP contribution in [0.5, 0.6) is 11.5 Å². The number of benzene rings is 3. The Morgan fingerprint density at radius 1 is 1.02 bits per heavy atom. The zero-order valence-electron chi connectivity index (χ0n) is 21.3. The van der Waals surface area contributed by atoms with E-state index in [0.29, 0.717) is 43.7 Å². The van der Waals surface area contributed by atoms with E-state index in [1.54, 1.807) is 24.3 Å². The molecule has 1 spiro atoms. The number of halogens is 4. The van der Waals surface area contributed by atoms with Crippen LogP contribution in [0.3, 0.4) is 0 Å². The van der Waals surface area contributed by atoms with Crippen LogP contribution in [-0.4, -0.2) is 17.9 Å². The number of rotatable bonds is 5. The van der Waals surface area contributed by atoms with Crippen molar-refractivity contribution in [1.29, 1.82) is 0 Å². The minimum Gasteiger partial charge on any atom is -0.457 e. The Morgan fingerprint density at radius 3 is 2.54 bits per heavy atom. The van der Waals surface area contributed by atoms with E-state index in [9.17, 15) is 18.8 Å². The monoisotopic (exact) mass is 654 g/mol. The molecule has 4 atom stereocenters. The zero-order chi connectivity index (χ0) is 28.9. The first kappa shape index (κ1) is 27.7. The molecule has 2 aliphatic heterocycles. The minimum absolute atomic E-state index is 0.0964. The summed E-state index contributed by atoms with van der Waals surface area (Å²) in [4.78, 5) is 38.8. The van der Waals surface area contributed by atoms with E-state index in [1.807, 2.05) is 30.4 Å². The fourth-order valence-corrected chi connectivity index (χ4v) is 7.06. The maximum Gasteiger partial charge on any atom is 0.332 e. The number of nitrogens with one attached hydrogen (secondary N) is 2. The van der Waals surface area contributed by atoms with Crippen LogP contribution >= 0.6 is 39.1 Å². The number of carbonyl (C=O) groups excluding carboxylic acids is 3. The average Bonchev–Trinajstić information content (AvgIpc) is 3.22. The van der Waals surface area contributed by atoms with Crippen molar-refractivity contribution in [1.82, 2.24) is 5.32 Å². The number of carbonyl (C=O) groups is 3. The minimum atomic E-state index is -1.54. The van der Waals surface area contributed by atoms with Gasteiger partial charge in [-0.05, 0) is 84.5 Å². The molecule has 41 heavy (non-hydrogen) atoms. The summed E-state index contributed by atoms with van der Waals surface area (Å²) in [7, 11) is 0. The van der Waals surface area contributed by atoms with Crippen LogP contribution in [0, 0.1) is 11.8 Å². The number of hydrogen-bond acceptors (Lipinski definition) is 4. The van der Waals surface area contributed by atoms with E-state index in [1.165, 1.54) is 24.3 Å². The highest BCUT2D eigenvalue weighted by molar-refractivity contribution is 9.10. The Bertz CT molecular complexity index is 1660. The Balaban J connectivity index is 1.53. The fourth-order valence-electron chi connectivity index (χ4n) is 6.26. The lowest BCUT2D eigenvalue weighted by molar-refractivity contribution is -0.135. The molecular weight excluding hydrogens is 634 g/mol. The number of anilines is 1. The normalized spacial score (nSPS) is 24.9. The molecule has 3 aromatic rings. The van der Waals surface area contributed by atoms with Gasteiger partial charge in [-0.15, -0.1) is 0 Å². The van der Waals surface area contributed by atoms with Gasteiger partial charge in [-0.2, -0.15) is 4.39 Å². The highest BCUT2D eigenvalue weighted by atomic mass is 79.9. The SMILES string of the molecule is O=C1C[C@@H](C2C=CC=C(Cl)C2)[C@]2(C(=O)Nc3cc(Cl)ccc32)[C@@H](c2cc(Br)ccc2Oc2ccc(C(=O)F)cc2)N1. The molecule has 0 aromatic heterocycles. The molecule has 0 bridgehead atoms. The smallest absolute Gasteiger partial charge is 0.332 e. The fraction of sp³-hybridized carbons (Fsp3) is 0.194. The molecular formula is C31H22BrCl2FN2O4. The summed E-state index contributed by atoms with van der Waals surface area (Å²) >= 11 is 16.3. The maximum absolute atomic E-state index is 14.3. The number of fused-ring (bicyclic) bond motifs is 2. The van der Waals surface area contributed by atoms with Gasteiger partial charge >= 0.3 is 6.04 Å². The molecule has 1 saturated heterocycles. The second-order valence-electron chi connectivity index (χ2n) is 10.3. The predicted molar refractivity (Wildman–Crippen MR) is 158 cm³/mol. The summed E-state index contributed by atoms with van der Waals surface area (Å²) in [5.74, 6) is -0.399. The summed E-state index contributed by atoms with van der Waals surface area (Å²) in [6.45, 7) is 0. The van der Waals surface area contributed by atoms with E-state index < -0.39 is 23.4 Å². The predicted octanol–water partition coefficient (Wildman–Crippen LogP) is 7.77. The van der Waals surface area contributed by atoms with Gasteiger partial charge in [0.1, 0.15) is 16.9 Å². The highest BCUT2D eigenvalue weighted by Crippen LogP contribution is 2.58. The first-order chi connectivity index (χ1) is 19.7. The lowest BCUT2D eigenvalue weighted by Gasteiger charge is -2.49. The van der Waals surface area contributed by atoms with Crippen LogP contribution < -0.4 is 15.4 Å². The van der Waals surface area contributed by atoms with Crippen LogP contribution in [0.2, 0.25) is 5.02 Å². The molecule has 1 unspecified atom stereocenters. The number of piperidine rings is 1. The molecule has 1 aliphatic carbocycles. The summed E-state index contributed by atoms with van der Waals surface area (Å²) in [5.41, 5.74) is 0.529. The summed E-state index contributed by atoms with van der Waals surface area (Å²) in [5, 5.41) is 7.25. The molecule has 2 heterocycles. The quantitative estimate of drug-likeness (QED) is 0.275. The van der Waals surface area contributed by atoms with Gasteiger partial charge in [0.15, 0.2) is 0 Å². The van der Waals surface area contributed by atoms with Crippen LogP contribution in [0.1, 0.15) is 40.4 Å². The molecule has 3 aliphatic rings. The van der Waals surface area contributed by atoms with Crippen molar-refractivity contribution in [2.24, 2.45) is 11.8 Å². The van der Waals surface area contributed by atoms with E-state index in [-0.39, 0.29) is 29.7 Å². The third-order valence-corrected chi connectivity index (χ3v) is 8.99. The largest absolute Gasteiger partial charge is 0.457 e. The molecule has 0 saturated carbocycles. The van der Waals surface area contributed by atoms with Crippen LogP contribution in [0.15, 0.2) is 88.4 Å². The maximum atomic E-state index is 14.3. The third kappa shape index (κ3) is 4.88. The lowest BCUT2D eigenvalue weighted by atomic mass is 9.57. The van der Waals surface area contributed by atoms with Crippen molar-refractivity contribution in [3.05, 3.63) is 110 Å². The Kier molecular flexibility index (Phi) is 7.26. The Morgan fingerprint density at radius 2 is 1.80 bits per heavy atom. The van der Waals surface area contributed by atoms with Crippen LogP contribution in [0.25, 0.3) is 0 Å². The molecule has 10 heteroatoms. The molecule has 2 amide bonds. The molecule has 208 valence electrons. The lowest BCUT2D eigenvalue weighted by Crippen LogP contribution is -2.59.